The van der Waals surface area contributed by atoms with E-state index in [0.29, 0.717) is 6.04 Å². The summed E-state index contributed by atoms with van der Waals surface area (Å²) in [5.74, 6) is 1.25. The summed E-state index contributed by atoms with van der Waals surface area (Å²) in [7, 11) is 0. The molecule has 0 spiro atoms. The lowest BCUT2D eigenvalue weighted by molar-refractivity contribution is 0.451. The second-order valence-electron chi connectivity index (χ2n) is 4.53. The van der Waals surface area contributed by atoms with Crippen LogP contribution in [0.4, 0.5) is 0 Å². The monoisotopic (exact) mass is 191 g/mol. The summed E-state index contributed by atoms with van der Waals surface area (Å²) < 4.78 is 2.43. The first-order valence-corrected chi connectivity index (χ1v) is 5.67. The number of aromatic nitrogens is 2. The highest BCUT2D eigenvalue weighted by atomic mass is 15.1. The molecule has 76 valence electrons. The molecule has 0 saturated carbocycles. The van der Waals surface area contributed by atoms with Gasteiger partial charge in [-0.25, -0.2) is 4.98 Å². The van der Waals surface area contributed by atoms with Gasteiger partial charge in [0.15, 0.2) is 0 Å². The molecular formula is C11H17N3. The first kappa shape index (κ1) is 8.48. The van der Waals surface area contributed by atoms with Gasteiger partial charge in [0.05, 0.1) is 5.69 Å². The first-order chi connectivity index (χ1) is 6.84. The largest absolute Gasteiger partial charge is 0.332 e. The third kappa shape index (κ3) is 1.19. The van der Waals surface area contributed by atoms with Crippen molar-refractivity contribution in [1.29, 1.82) is 0 Å². The molecule has 2 aliphatic rings. The van der Waals surface area contributed by atoms with Gasteiger partial charge >= 0.3 is 0 Å². The molecule has 1 aliphatic carbocycles. The van der Waals surface area contributed by atoms with Crippen LogP contribution in [0.15, 0.2) is 0 Å². The molecule has 1 aliphatic heterocycles. The van der Waals surface area contributed by atoms with Gasteiger partial charge in [0, 0.05) is 24.7 Å². The van der Waals surface area contributed by atoms with E-state index in [4.69, 9.17) is 10.7 Å². The third-order valence-corrected chi connectivity index (χ3v) is 3.48. The summed E-state index contributed by atoms with van der Waals surface area (Å²) in [5.41, 5.74) is 8.83. The van der Waals surface area contributed by atoms with E-state index in [-0.39, 0.29) is 0 Å². The van der Waals surface area contributed by atoms with Gasteiger partial charge in [-0.2, -0.15) is 0 Å². The van der Waals surface area contributed by atoms with Gasteiger partial charge in [-0.15, -0.1) is 0 Å². The van der Waals surface area contributed by atoms with Crippen molar-refractivity contribution in [2.75, 3.05) is 0 Å². The summed E-state index contributed by atoms with van der Waals surface area (Å²) in [4.78, 5) is 4.72. The van der Waals surface area contributed by atoms with Crippen LogP contribution < -0.4 is 5.73 Å². The zero-order valence-corrected chi connectivity index (χ0v) is 8.50. The molecule has 0 amide bonds. The fraction of sp³-hybridized carbons (Fsp3) is 0.727. The smallest absolute Gasteiger partial charge is 0.110 e. The van der Waals surface area contributed by atoms with E-state index in [1.807, 2.05) is 0 Å². The van der Waals surface area contributed by atoms with Gasteiger partial charge in [-0.3, -0.25) is 0 Å². The first-order valence-electron chi connectivity index (χ1n) is 5.67. The van der Waals surface area contributed by atoms with Crippen LogP contribution in [0, 0.1) is 0 Å². The van der Waals surface area contributed by atoms with Crippen molar-refractivity contribution >= 4 is 0 Å². The second kappa shape index (κ2) is 3.09. The number of nitrogens with two attached hydrogens (primary N) is 1. The van der Waals surface area contributed by atoms with Crippen molar-refractivity contribution in [3.8, 4) is 0 Å². The van der Waals surface area contributed by atoms with Gasteiger partial charge < -0.3 is 10.3 Å². The van der Waals surface area contributed by atoms with Gasteiger partial charge in [-0.1, -0.05) is 0 Å². The highest BCUT2D eigenvalue weighted by molar-refractivity contribution is 5.21. The Hall–Kier alpha value is -0.830. The summed E-state index contributed by atoms with van der Waals surface area (Å²) in [6.07, 6.45) is 7.17. The summed E-state index contributed by atoms with van der Waals surface area (Å²) in [5, 5.41) is 0. The predicted molar refractivity (Wildman–Crippen MR) is 55.2 cm³/mol. The lowest BCUT2D eigenvalue weighted by Crippen LogP contribution is -2.31. The fourth-order valence-electron chi connectivity index (χ4n) is 2.71. The molecule has 3 nitrogen and oxygen atoms in total. The average Bonchev–Trinajstić information content (AvgIpc) is 2.54. The molecule has 2 N–H and O–H groups in total. The van der Waals surface area contributed by atoms with Gasteiger partial charge in [0.2, 0.25) is 0 Å². The summed E-state index contributed by atoms with van der Waals surface area (Å²) in [6, 6.07) is 0.339. The predicted octanol–water partition coefficient (Wildman–Crippen LogP) is 1.04. The Morgan fingerprint density at radius 3 is 3.07 bits per heavy atom. The Kier molecular flexibility index (Phi) is 1.87. The minimum Gasteiger partial charge on any atom is -0.332 e. The molecule has 14 heavy (non-hydrogen) atoms. The molecule has 3 heteroatoms. The van der Waals surface area contributed by atoms with Crippen LogP contribution in [-0.2, 0) is 25.8 Å². The van der Waals surface area contributed by atoms with Crippen LogP contribution >= 0.6 is 0 Å². The number of aryl methyl sites for hydroxylation is 1. The SMILES string of the molecule is NC1CCn2c(nc3c2CCCC3)C1. The Morgan fingerprint density at radius 1 is 1.29 bits per heavy atom. The molecule has 1 unspecified atom stereocenters. The van der Waals surface area contributed by atoms with Crippen LogP contribution in [0.2, 0.25) is 0 Å². The minimum atomic E-state index is 0.339. The number of imidazole rings is 1. The summed E-state index contributed by atoms with van der Waals surface area (Å²) in [6.45, 7) is 1.10. The van der Waals surface area contributed by atoms with Crippen molar-refractivity contribution < 1.29 is 0 Å². The summed E-state index contributed by atoms with van der Waals surface area (Å²) >= 11 is 0. The second-order valence-corrected chi connectivity index (χ2v) is 4.53. The number of hydrogen-bond donors (Lipinski definition) is 1. The molecule has 0 radical (unpaired) electrons. The topological polar surface area (TPSA) is 43.8 Å². The van der Waals surface area contributed by atoms with Gasteiger partial charge in [0.1, 0.15) is 5.82 Å². The maximum absolute atomic E-state index is 5.95. The van der Waals surface area contributed by atoms with E-state index in [0.717, 1.165) is 19.4 Å². The third-order valence-electron chi connectivity index (χ3n) is 3.48. The van der Waals surface area contributed by atoms with Gasteiger partial charge in [-0.05, 0) is 32.1 Å². The highest BCUT2D eigenvalue weighted by Crippen LogP contribution is 2.25. The zero-order chi connectivity index (χ0) is 9.54. The molecule has 0 saturated heterocycles. The number of rotatable bonds is 0. The average molecular weight is 191 g/mol. The minimum absolute atomic E-state index is 0.339. The lowest BCUT2D eigenvalue weighted by Gasteiger charge is -2.22. The van der Waals surface area contributed by atoms with Crippen LogP contribution in [0.1, 0.15) is 36.5 Å². The Bertz CT molecular complexity index is 354. The quantitative estimate of drug-likeness (QED) is 0.665. The van der Waals surface area contributed by atoms with E-state index in [1.165, 1.54) is 42.9 Å². The van der Waals surface area contributed by atoms with Crippen molar-refractivity contribution in [2.45, 2.75) is 51.1 Å². The van der Waals surface area contributed by atoms with Gasteiger partial charge in [0.25, 0.3) is 0 Å². The molecule has 3 rings (SSSR count). The molecule has 1 aromatic heterocycles. The maximum Gasteiger partial charge on any atom is 0.110 e. The fourth-order valence-corrected chi connectivity index (χ4v) is 2.71. The molecule has 2 heterocycles. The Morgan fingerprint density at radius 2 is 2.14 bits per heavy atom. The number of fused-ring (bicyclic) bond motifs is 3. The van der Waals surface area contributed by atoms with Crippen molar-refractivity contribution in [2.24, 2.45) is 5.73 Å². The highest BCUT2D eigenvalue weighted by Gasteiger charge is 2.24. The van der Waals surface area contributed by atoms with Crippen LogP contribution in [0.5, 0.6) is 0 Å². The van der Waals surface area contributed by atoms with Crippen molar-refractivity contribution in [3.63, 3.8) is 0 Å². The molecule has 0 bridgehead atoms. The Labute approximate surface area is 84.3 Å². The zero-order valence-electron chi connectivity index (χ0n) is 8.50. The molecule has 1 atom stereocenters. The maximum atomic E-state index is 5.95. The normalized spacial score (nSPS) is 25.6. The van der Waals surface area contributed by atoms with Crippen LogP contribution in [-0.4, -0.2) is 15.6 Å². The molecular weight excluding hydrogens is 174 g/mol. The van der Waals surface area contributed by atoms with E-state index < -0.39 is 0 Å². The lowest BCUT2D eigenvalue weighted by atomic mass is 10.0. The molecule has 1 aromatic rings. The van der Waals surface area contributed by atoms with Crippen LogP contribution in [0.3, 0.4) is 0 Å². The number of nitrogens with zero attached hydrogens (tertiary/aromatic N) is 2. The van der Waals surface area contributed by atoms with Crippen LogP contribution in [0.25, 0.3) is 0 Å². The van der Waals surface area contributed by atoms with Crippen molar-refractivity contribution in [3.05, 3.63) is 17.2 Å². The molecule has 0 fully saturated rings. The standard InChI is InChI=1S/C11H17N3/c12-8-5-6-14-10-4-2-1-3-9(10)13-11(14)7-8/h8H,1-7,12H2. The van der Waals surface area contributed by atoms with E-state index in [9.17, 15) is 0 Å². The van der Waals surface area contributed by atoms with Crippen molar-refractivity contribution in [1.82, 2.24) is 9.55 Å². The number of hydrogen-bond acceptors (Lipinski definition) is 2. The van der Waals surface area contributed by atoms with E-state index in [1.54, 1.807) is 0 Å². The van der Waals surface area contributed by atoms with E-state index >= 15 is 0 Å². The molecule has 0 aromatic carbocycles. The Balaban J connectivity index is 2.04. The van der Waals surface area contributed by atoms with E-state index in [2.05, 4.69) is 4.57 Å².